The lowest BCUT2D eigenvalue weighted by atomic mass is 9.94. The van der Waals surface area contributed by atoms with Crippen LogP contribution in [0.25, 0.3) is 0 Å². The minimum atomic E-state index is -0.952. The minimum absolute atomic E-state index is 0.210. The van der Waals surface area contributed by atoms with Gasteiger partial charge in [0, 0.05) is 6.04 Å². The maximum absolute atomic E-state index is 13.4. The van der Waals surface area contributed by atoms with Crippen LogP contribution in [-0.4, -0.2) is 18.6 Å². The Bertz CT molecular complexity index is 487. The van der Waals surface area contributed by atoms with Crippen LogP contribution in [0, 0.1) is 11.6 Å². The second-order valence-electron chi connectivity index (χ2n) is 5.36. The monoisotopic (exact) mass is 297 g/mol. The van der Waals surface area contributed by atoms with Gasteiger partial charge in [0.05, 0.1) is 6.61 Å². The van der Waals surface area contributed by atoms with Crippen LogP contribution in [-0.2, 0) is 9.53 Å². The van der Waals surface area contributed by atoms with Crippen LogP contribution in [0.15, 0.2) is 18.2 Å². The summed E-state index contributed by atoms with van der Waals surface area (Å²) in [6, 6.07) is 2.99. The minimum Gasteiger partial charge on any atom is -0.465 e. The maximum Gasteiger partial charge on any atom is 0.327 e. The molecule has 0 aliphatic heterocycles. The van der Waals surface area contributed by atoms with Gasteiger partial charge in [-0.15, -0.1) is 0 Å². The van der Waals surface area contributed by atoms with Gasteiger partial charge in [-0.3, -0.25) is 5.32 Å². The number of halogens is 2. The molecule has 0 radical (unpaired) electrons. The molecule has 0 aromatic heterocycles. The SMILES string of the molecule is CCOC(=O)C(NC1CCCCC1)c1ccc(F)c(F)c1. The fourth-order valence-corrected chi connectivity index (χ4v) is 2.72. The Labute approximate surface area is 123 Å². The van der Waals surface area contributed by atoms with Gasteiger partial charge in [0.2, 0.25) is 0 Å². The summed E-state index contributed by atoms with van der Waals surface area (Å²) >= 11 is 0. The van der Waals surface area contributed by atoms with Crippen LogP contribution in [0.5, 0.6) is 0 Å². The zero-order valence-corrected chi connectivity index (χ0v) is 12.2. The van der Waals surface area contributed by atoms with Gasteiger partial charge in [-0.05, 0) is 37.5 Å². The molecule has 1 N–H and O–H groups in total. The highest BCUT2D eigenvalue weighted by atomic mass is 19.2. The molecule has 1 fully saturated rings. The van der Waals surface area contributed by atoms with Crippen molar-refractivity contribution in [1.82, 2.24) is 5.32 Å². The Balaban J connectivity index is 2.17. The van der Waals surface area contributed by atoms with Crippen LogP contribution in [0.4, 0.5) is 8.78 Å². The van der Waals surface area contributed by atoms with Gasteiger partial charge in [-0.1, -0.05) is 25.3 Å². The molecule has 1 aliphatic rings. The van der Waals surface area contributed by atoms with Crippen LogP contribution in [0.1, 0.15) is 50.6 Å². The lowest BCUT2D eigenvalue weighted by molar-refractivity contribution is -0.146. The van der Waals surface area contributed by atoms with Crippen LogP contribution >= 0.6 is 0 Å². The second kappa shape index (κ2) is 7.50. The summed E-state index contributed by atoms with van der Waals surface area (Å²) in [6.07, 6.45) is 5.41. The molecule has 21 heavy (non-hydrogen) atoms. The number of esters is 1. The van der Waals surface area contributed by atoms with Crippen LogP contribution < -0.4 is 5.32 Å². The molecule has 0 heterocycles. The molecule has 0 amide bonds. The van der Waals surface area contributed by atoms with E-state index in [1.165, 1.54) is 12.5 Å². The quantitative estimate of drug-likeness (QED) is 0.845. The normalized spacial score (nSPS) is 17.5. The average molecular weight is 297 g/mol. The van der Waals surface area contributed by atoms with E-state index < -0.39 is 23.6 Å². The van der Waals surface area contributed by atoms with Crippen molar-refractivity contribution in [3.05, 3.63) is 35.4 Å². The van der Waals surface area contributed by atoms with E-state index in [9.17, 15) is 13.6 Å². The predicted molar refractivity (Wildman–Crippen MR) is 75.7 cm³/mol. The number of carbonyl (C=O) groups excluding carboxylic acids is 1. The largest absolute Gasteiger partial charge is 0.465 e. The first kappa shape index (κ1) is 15.9. The molecule has 0 spiro atoms. The highest BCUT2D eigenvalue weighted by Gasteiger charge is 2.26. The van der Waals surface area contributed by atoms with E-state index >= 15 is 0 Å². The highest BCUT2D eigenvalue weighted by Crippen LogP contribution is 2.23. The molecule has 1 aliphatic carbocycles. The summed E-state index contributed by atoms with van der Waals surface area (Å²) < 4.78 is 31.5. The number of benzene rings is 1. The Morgan fingerprint density at radius 1 is 1.29 bits per heavy atom. The summed E-state index contributed by atoms with van der Waals surface area (Å²) in [5, 5.41) is 3.24. The summed E-state index contributed by atoms with van der Waals surface area (Å²) in [7, 11) is 0. The van der Waals surface area contributed by atoms with Crippen LogP contribution in [0.3, 0.4) is 0 Å². The van der Waals surface area contributed by atoms with Crippen molar-refractivity contribution in [2.45, 2.75) is 51.1 Å². The molecule has 1 aromatic carbocycles. The summed E-state index contributed by atoms with van der Waals surface area (Å²) in [5.41, 5.74) is 0.401. The van der Waals surface area contributed by atoms with Crippen molar-refractivity contribution in [2.24, 2.45) is 0 Å². The number of hydrogen-bond acceptors (Lipinski definition) is 3. The Kier molecular flexibility index (Phi) is 5.67. The molecule has 1 aromatic rings. The fraction of sp³-hybridized carbons (Fsp3) is 0.562. The third-order valence-corrected chi connectivity index (χ3v) is 3.81. The molecule has 116 valence electrons. The van der Waals surface area contributed by atoms with Gasteiger partial charge in [0.1, 0.15) is 6.04 Å². The Morgan fingerprint density at radius 3 is 2.62 bits per heavy atom. The number of nitrogens with one attached hydrogen (secondary N) is 1. The van der Waals surface area contributed by atoms with Gasteiger partial charge in [-0.2, -0.15) is 0 Å². The summed E-state index contributed by atoms with van der Waals surface area (Å²) in [6.45, 7) is 1.98. The molecule has 1 saturated carbocycles. The molecule has 0 bridgehead atoms. The number of hydrogen-bond donors (Lipinski definition) is 1. The van der Waals surface area contributed by atoms with Gasteiger partial charge in [0.25, 0.3) is 0 Å². The predicted octanol–water partition coefficient (Wildman–Crippen LogP) is 3.49. The second-order valence-corrected chi connectivity index (χ2v) is 5.36. The Morgan fingerprint density at radius 2 is 2.00 bits per heavy atom. The number of rotatable bonds is 5. The zero-order valence-electron chi connectivity index (χ0n) is 12.2. The lowest BCUT2D eigenvalue weighted by Crippen LogP contribution is -2.39. The average Bonchev–Trinajstić information content (AvgIpc) is 2.49. The maximum atomic E-state index is 13.4. The van der Waals surface area contributed by atoms with Gasteiger partial charge in [-0.25, -0.2) is 13.6 Å². The third kappa shape index (κ3) is 4.24. The Hall–Kier alpha value is -1.49. The van der Waals surface area contributed by atoms with Crippen molar-refractivity contribution in [2.75, 3.05) is 6.61 Å². The topological polar surface area (TPSA) is 38.3 Å². The van der Waals surface area contributed by atoms with Crippen molar-refractivity contribution < 1.29 is 18.3 Å². The van der Waals surface area contributed by atoms with E-state index in [1.54, 1.807) is 6.92 Å². The van der Waals surface area contributed by atoms with Crippen molar-refractivity contribution in [3.8, 4) is 0 Å². The zero-order chi connectivity index (χ0) is 15.2. The van der Waals surface area contributed by atoms with E-state index in [0.29, 0.717) is 5.56 Å². The highest BCUT2D eigenvalue weighted by molar-refractivity contribution is 5.77. The van der Waals surface area contributed by atoms with E-state index in [2.05, 4.69) is 5.32 Å². The van der Waals surface area contributed by atoms with E-state index in [1.807, 2.05) is 0 Å². The molecule has 3 nitrogen and oxygen atoms in total. The molecule has 2 rings (SSSR count). The number of carbonyl (C=O) groups is 1. The summed E-state index contributed by atoms with van der Waals surface area (Å²) in [5.74, 6) is -2.32. The standard InChI is InChI=1S/C16H21F2NO2/c1-2-21-16(20)15(19-12-6-4-3-5-7-12)11-8-9-13(17)14(18)10-11/h8-10,12,15,19H,2-7H2,1H3. The van der Waals surface area contributed by atoms with E-state index in [0.717, 1.165) is 37.8 Å². The molecule has 0 saturated heterocycles. The van der Waals surface area contributed by atoms with Gasteiger partial charge >= 0.3 is 5.97 Å². The van der Waals surface area contributed by atoms with Gasteiger partial charge in [0.15, 0.2) is 11.6 Å². The van der Waals surface area contributed by atoms with E-state index in [-0.39, 0.29) is 12.6 Å². The molecular weight excluding hydrogens is 276 g/mol. The first-order valence-corrected chi connectivity index (χ1v) is 7.49. The molecule has 1 atom stereocenters. The third-order valence-electron chi connectivity index (χ3n) is 3.81. The fourth-order valence-electron chi connectivity index (χ4n) is 2.72. The van der Waals surface area contributed by atoms with Crippen molar-refractivity contribution >= 4 is 5.97 Å². The number of ether oxygens (including phenoxy) is 1. The lowest BCUT2D eigenvalue weighted by Gasteiger charge is -2.27. The van der Waals surface area contributed by atoms with Crippen molar-refractivity contribution in [3.63, 3.8) is 0 Å². The first-order chi connectivity index (χ1) is 10.1. The molecule has 5 heteroatoms. The molecular formula is C16H21F2NO2. The van der Waals surface area contributed by atoms with Gasteiger partial charge < -0.3 is 4.74 Å². The van der Waals surface area contributed by atoms with Crippen LogP contribution in [0.2, 0.25) is 0 Å². The smallest absolute Gasteiger partial charge is 0.327 e. The molecule has 1 unspecified atom stereocenters. The first-order valence-electron chi connectivity index (χ1n) is 7.49. The van der Waals surface area contributed by atoms with E-state index in [4.69, 9.17) is 4.74 Å². The van der Waals surface area contributed by atoms with Crippen molar-refractivity contribution in [1.29, 1.82) is 0 Å². The summed E-state index contributed by atoms with van der Waals surface area (Å²) in [4.78, 5) is 12.1.